The van der Waals surface area contributed by atoms with Crippen LogP contribution in [0.25, 0.3) is 0 Å². The molecule has 0 heterocycles. The number of carbonyl (C=O) groups excluding carboxylic acids is 3. The van der Waals surface area contributed by atoms with Gasteiger partial charge in [0.1, 0.15) is 11.6 Å². The van der Waals surface area contributed by atoms with Gasteiger partial charge in [-0.2, -0.15) is 0 Å². The van der Waals surface area contributed by atoms with Crippen LogP contribution in [0.3, 0.4) is 0 Å². The summed E-state index contributed by atoms with van der Waals surface area (Å²) in [6, 6.07) is 14.1. The SMILES string of the molecule is CCCN(CCC)C(=O)c1cc(C(N)=O)cc(C(=O)N[C@@H](Cc2cc(F)cc(F)c2)[C@H](O)CNCc2cccc(CC)c2)c1. The number of nitrogens with one attached hydrogen (secondary N) is 2. The Balaban J connectivity index is 1.87. The first-order valence-electron chi connectivity index (χ1n) is 15.0. The van der Waals surface area contributed by atoms with E-state index in [-0.39, 0.29) is 41.1 Å². The fourth-order valence-corrected chi connectivity index (χ4v) is 5.05. The van der Waals surface area contributed by atoms with Crippen molar-refractivity contribution >= 4 is 17.7 Å². The molecule has 0 radical (unpaired) electrons. The number of nitrogens with zero attached hydrogens (tertiary/aromatic N) is 1. The van der Waals surface area contributed by atoms with Crippen molar-refractivity contribution in [1.29, 1.82) is 0 Å². The minimum Gasteiger partial charge on any atom is -0.390 e. The summed E-state index contributed by atoms with van der Waals surface area (Å²) in [5, 5.41) is 17.1. The summed E-state index contributed by atoms with van der Waals surface area (Å²) < 4.78 is 28.0. The Morgan fingerprint density at radius 1 is 0.841 bits per heavy atom. The van der Waals surface area contributed by atoms with E-state index in [1.807, 2.05) is 32.0 Å². The number of aliphatic hydroxyl groups is 1. The Hall–Kier alpha value is -4.15. The lowest BCUT2D eigenvalue weighted by molar-refractivity contribution is 0.0755. The van der Waals surface area contributed by atoms with Crippen molar-refractivity contribution in [2.24, 2.45) is 5.73 Å². The maximum absolute atomic E-state index is 14.0. The van der Waals surface area contributed by atoms with Crippen molar-refractivity contribution < 1.29 is 28.3 Å². The van der Waals surface area contributed by atoms with Gasteiger partial charge < -0.3 is 26.4 Å². The largest absolute Gasteiger partial charge is 0.390 e. The summed E-state index contributed by atoms with van der Waals surface area (Å²) in [5.74, 6) is -3.40. The van der Waals surface area contributed by atoms with E-state index < -0.39 is 35.6 Å². The molecule has 3 aromatic carbocycles. The van der Waals surface area contributed by atoms with Crippen molar-refractivity contribution in [3.8, 4) is 0 Å². The van der Waals surface area contributed by atoms with Crippen molar-refractivity contribution in [1.82, 2.24) is 15.5 Å². The summed E-state index contributed by atoms with van der Waals surface area (Å²) in [6.45, 7) is 7.48. The summed E-state index contributed by atoms with van der Waals surface area (Å²) in [4.78, 5) is 40.6. The second kappa shape index (κ2) is 16.6. The van der Waals surface area contributed by atoms with Gasteiger partial charge in [-0.3, -0.25) is 14.4 Å². The molecule has 236 valence electrons. The van der Waals surface area contributed by atoms with Crippen LogP contribution in [0.15, 0.2) is 60.7 Å². The Morgan fingerprint density at radius 3 is 2.07 bits per heavy atom. The summed E-state index contributed by atoms with van der Waals surface area (Å²) in [5.41, 5.74) is 8.06. The molecule has 0 aliphatic rings. The number of halogens is 2. The van der Waals surface area contributed by atoms with Gasteiger partial charge in [-0.25, -0.2) is 8.78 Å². The highest BCUT2D eigenvalue weighted by Gasteiger charge is 2.25. The molecular weight excluding hydrogens is 566 g/mol. The van der Waals surface area contributed by atoms with Gasteiger partial charge in [-0.15, -0.1) is 0 Å². The molecule has 0 aliphatic carbocycles. The van der Waals surface area contributed by atoms with Crippen LogP contribution in [0.1, 0.15) is 81.4 Å². The lowest BCUT2D eigenvalue weighted by atomic mass is 9.99. The van der Waals surface area contributed by atoms with Crippen molar-refractivity contribution in [3.63, 3.8) is 0 Å². The summed E-state index contributed by atoms with van der Waals surface area (Å²) >= 11 is 0. The second-order valence-electron chi connectivity index (χ2n) is 10.9. The number of aliphatic hydroxyl groups excluding tert-OH is 1. The van der Waals surface area contributed by atoms with Crippen LogP contribution in [-0.2, 0) is 19.4 Å². The number of benzene rings is 3. The highest BCUT2D eigenvalue weighted by Crippen LogP contribution is 2.17. The Labute approximate surface area is 257 Å². The molecule has 3 rings (SSSR count). The number of rotatable bonds is 16. The number of primary amides is 1. The zero-order chi connectivity index (χ0) is 32.2. The highest BCUT2D eigenvalue weighted by atomic mass is 19.1. The predicted molar refractivity (Wildman–Crippen MR) is 166 cm³/mol. The van der Waals surface area contributed by atoms with Crippen LogP contribution in [0, 0.1) is 11.6 Å². The van der Waals surface area contributed by atoms with E-state index in [4.69, 9.17) is 5.73 Å². The third-order valence-corrected chi connectivity index (χ3v) is 7.24. The predicted octanol–water partition coefficient (Wildman–Crippen LogP) is 4.38. The van der Waals surface area contributed by atoms with Crippen LogP contribution in [0.2, 0.25) is 0 Å². The standard InChI is InChI=1S/C34H42F2N4O4/c1-4-10-40(11-5-2)34(44)27-17-25(32(37)42)16-26(18-27)33(43)39-30(15-24-13-28(35)19-29(36)14-24)31(41)21-38-20-23-9-7-8-22(6-3)12-23/h7-9,12-14,16-19,30-31,38,41H,4-6,10-11,15,20-21H2,1-3H3,(H2,37,42)(H,39,43)/t30-,31+/m0/s1. The second-order valence-corrected chi connectivity index (χ2v) is 10.9. The molecule has 2 atom stereocenters. The van der Waals surface area contributed by atoms with Crippen LogP contribution < -0.4 is 16.4 Å². The van der Waals surface area contributed by atoms with Gasteiger partial charge in [0, 0.05) is 48.9 Å². The van der Waals surface area contributed by atoms with Gasteiger partial charge in [0.25, 0.3) is 11.8 Å². The first-order chi connectivity index (χ1) is 21.0. The van der Waals surface area contributed by atoms with E-state index in [2.05, 4.69) is 23.6 Å². The third-order valence-electron chi connectivity index (χ3n) is 7.24. The smallest absolute Gasteiger partial charge is 0.253 e. The van der Waals surface area contributed by atoms with Crippen molar-refractivity contribution in [2.45, 2.75) is 65.1 Å². The summed E-state index contributed by atoms with van der Waals surface area (Å²) in [7, 11) is 0. The topological polar surface area (TPSA) is 125 Å². The van der Waals surface area contributed by atoms with E-state index in [0.29, 0.717) is 19.6 Å². The minimum atomic E-state index is -1.16. The number of hydrogen-bond acceptors (Lipinski definition) is 5. The number of carbonyl (C=O) groups is 3. The average Bonchev–Trinajstić information content (AvgIpc) is 2.99. The van der Waals surface area contributed by atoms with E-state index in [1.54, 1.807) is 4.90 Å². The van der Waals surface area contributed by atoms with Crippen molar-refractivity contribution in [2.75, 3.05) is 19.6 Å². The van der Waals surface area contributed by atoms with Crippen LogP contribution in [-0.4, -0.2) is 59.5 Å². The Bertz CT molecular complexity index is 1420. The number of nitrogens with two attached hydrogens (primary N) is 1. The molecule has 0 aromatic heterocycles. The Morgan fingerprint density at radius 2 is 1.45 bits per heavy atom. The monoisotopic (exact) mass is 608 g/mol. The first-order valence-corrected chi connectivity index (χ1v) is 15.0. The maximum Gasteiger partial charge on any atom is 0.253 e. The van der Waals surface area contributed by atoms with Crippen LogP contribution in [0.4, 0.5) is 8.78 Å². The fourth-order valence-electron chi connectivity index (χ4n) is 5.05. The zero-order valence-electron chi connectivity index (χ0n) is 25.5. The molecule has 3 amide bonds. The van der Waals surface area contributed by atoms with Gasteiger partial charge in [-0.1, -0.05) is 45.0 Å². The first kappa shape index (κ1) is 34.3. The van der Waals surface area contributed by atoms with Gasteiger partial charge >= 0.3 is 0 Å². The molecule has 0 aliphatic heterocycles. The minimum absolute atomic E-state index is 0.00967. The molecule has 0 saturated heterocycles. The highest BCUT2D eigenvalue weighted by molar-refractivity contribution is 6.04. The molecule has 0 fully saturated rings. The number of hydrogen-bond donors (Lipinski definition) is 4. The number of aryl methyl sites for hydroxylation is 1. The van der Waals surface area contributed by atoms with Crippen LogP contribution in [0.5, 0.6) is 0 Å². The van der Waals surface area contributed by atoms with E-state index in [9.17, 15) is 28.3 Å². The molecule has 10 heteroatoms. The lowest BCUT2D eigenvalue weighted by Gasteiger charge is -2.25. The van der Waals surface area contributed by atoms with Gasteiger partial charge in [-0.05, 0) is 72.7 Å². The van der Waals surface area contributed by atoms with Crippen LogP contribution >= 0.6 is 0 Å². The zero-order valence-corrected chi connectivity index (χ0v) is 25.5. The van der Waals surface area contributed by atoms with Gasteiger partial charge in [0.15, 0.2) is 0 Å². The molecule has 0 saturated carbocycles. The van der Waals surface area contributed by atoms with E-state index >= 15 is 0 Å². The fraction of sp³-hybridized carbons (Fsp3) is 0.382. The molecular formula is C34H42F2N4O4. The normalized spacial score (nSPS) is 12.4. The van der Waals surface area contributed by atoms with Gasteiger partial charge in [0.05, 0.1) is 12.1 Å². The van der Waals surface area contributed by atoms with E-state index in [1.165, 1.54) is 23.8 Å². The van der Waals surface area contributed by atoms with Crippen molar-refractivity contribution in [3.05, 3.63) is 106 Å². The Kier molecular flexibility index (Phi) is 13.0. The quantitative estimate of drug-likeness (QED) is 0.192. The molecule has 3 aromatic rings. The number of amides is 3. The molecule has 5 N–H and O–H groups in total. The lowest BCUT2D eigenvalue weighted by Crippen LogP contribution is -2.48. The maximum atomic E-state index is 14.0. The molecule has 0 bridgehead atoms. The van der Waals surface area contributed by atoms with Gasteiger partial charge in [0.2, 0.25) is 5.91 Å². The molecule has 0 unspecified atom stereocenters. The molecule has 0 spiro atoms. The molecule has 44 heavy (non-hydrogen) atoms. The third kappa shape index (κ3) is 9.96. The summed E-state index contributed by atoms with van der Waals surface area (Å²) in [6.07, 6.45) is 1.09. The average molecular weight is 609 g/mol. The molecule has 8 nitrogen and oxygen atoms in total. The van der Waals surface area contributed by atoms with E-state index in [0.717, 1.165) is 43.0 Å².